The number of amides is 1. The molecule has 0 unspecified atom stereocenters. The van der Waals surface area contributed by atoms with E-state index in [1.54, 1.807) is 0 Å². The van der Waals surface area contributed by atoms with Gasteiger partial charge in [-0.25, -0.2) is 13.1 Å². The number of ether oxygens (including phenoxy) is 2. The Balaban J connectivity index is 2.08. The van der Waals surface area contributed by atoms with E-state index in [2.05, 4.69) is 23.9 Å². The molecule has 0 radical (unpaired) electrons. The lowest BCUT2D eigenvalue weighted by Gasteiger charge is -2.15. The summed E-state index contributed by atoms with van der Waals surface area (Å²) >= 11 is 0. The molecule has 1 amide bonds. The fourth-order valence-electron chi connectivity index (χ4n) is 2.88. The molecule has 0 aliphatic heterocycles. The monoisotopic (exact) mass is 434 g/mol. The molecule has 0 fully saturated rings. The van der Waals surface area contributed by atoms with Gasteiger partial charge in [-0.2, -0.15) is 0 Å². The Bertz CT molecular complexity index is 971. The molecule has 2 aromatic carbocycles. The van der Waals surface area contributed by atoms with Crippen LogP contribution in [0.4, 0.5) is 0 Å². The molecular formula is C22H30N2O5S. The summed E-state index contributed by atoms with van der Waals surface area (Å²) in [5, 5.41) is 2.74. The van der Waals surface area contributed by atoms with Gasteiger partial charge in [0.25, 0.3) is 5.91 Å². The van der Waals surface area contributed by atoms with Crippen molar-refractivity contribution in [3.05, 3.63) is 53.6 Å². The maximum absolute atomic E-state index is 12.7. The quantitative estimate of drug-likeness (QED) is 0.560. The minimum absolute atomic E-state index is 0.0141. The Morgan fingerprint density at radius 2 is 1.73 bits per heavy atom. The molecule has 30 heavy (non-hydrogen) atoms. The highest BCUT2D eigenvalue weighted by Gasteiger charge is 2.20. The van der Waals surface area contributed by atoms with Crippen molar-refractivity contribution in [2.75, 3.05) is 20.3 Å². The molecular weight excluding hydrogens is 404 g/mol. The molecule has 0 saturated carbocycles. The number of hydrogen-bond donors (Lipinski definition) is 2. The van der Waals surface area contributed by atoms with E-state index in [0.717, 1.165) is 11.3 Å². The van der Waals surface area contributed by atoms with E-state index in [4.69, 9.17) is 9.47 Å². The number of benzene rings is 2. The lowest BCUT2D eigenvalue weighted by atomic mass is 10.0. The predicted molar refractivity (Wildman–Crippen MR) is 117 cm³/mol. The van der Waals surface area contributed by atoms with Crippen molar-refractivity contribution < 1.29 is 22.7 Å². The number of sulfonamides is 1. The van der Waals surface area contributed by atoms with Gasteiger partial charge in [-0.15, -0.1) is 0 Å². The van der Waals surface area contributed by atoms with E-state index in [9.17, 15) is 13.2 Å². The van der Waals surface area contributed by atoms with Gasteiger partial charge in [0.2, 0.25) is 10.0 Å². The molecule has 2 aromatic rings. The van der Waals surface area contributed by atoms with Gasteiger partial charge >= 0.3 is 0 Å². The summed E-state index contributed by atoms with van der Waals surface area (Å²) < 4.78 is 38.8. The summed E-state index contributed by atoms with van der Waals surface area (Å²) in [6, 6.07) is 11.8. The molecule has 164 valence electrons. The first-order valence-electron chi connectivity index (χ1n) is 9.86. The highest BCUT2D eigenvalue weighted by molar-refractivity contribution is 7.89. The van der Waals surface area contributed by atoms with Gasteiger partial charge in [-0.3, -0.25) is 4.79 Å². The van der Waals surface area contributed by atoms with E-state index in [-0.39, 0.29) is 29.7 Å². The fourth-order valence-corrected chi connectivity index (χ4v) is 3.92. The third-order valence-corrected chi connectivity index (χ3v) is 5.80. The number of carbonyl (C=O) groups excluding carboxylic acids is 1. The van der Waals surface area contributed by atoms with Crippen LogP contribution in [-0.4, -0.2) is 40.6 Å². The van der Waals surface area contributed by atoms with Gasteiger partial charge in [-0.05, 0) is 49.6 Å². The van der Waals surface area contributed by atoms with Crippen molar-refractivity contribution in [1.82, 2.24) is 10.0 Å². The third kappa shape index (κ3) is 6.21. The normalized spacial score (nSPS) is 11.6. The highest BCUT2D eigenvalue weighted by Crippen LogP contribution is 2.26. The van der Waals surface area contributed by atoms with Gasteiger partial charge in [0, 0.05) is 12.6 Å². The zero-order valence-corrected chi connectivity index (χ0v) is 18.9. The first kappa shape index (κ1) is 23.7. The van der Waals surface area contributed by atoms with Crippen LogP contribution in [0.25, 0.3) is 0 Å². The maximum Gasteiger partial charge on any atom is 0.255 e. The molecule has 0 bridgehead atoms. The molecule has 2 N–H and O–H groups in total. The number of carbonyl (C=O) groups is 1. The van der Waals surface area contributed by atoms with Crippen molar-refractivity contribution >= 4 is 15.9 Å². The molecule has 2 rings (SSSR count). The second kappa shape index (κ2) is 10.4. The van der Waals surface area contributed by atoms with Crippen LogP contribution < -0.4 is 19.5 Å². The number of para-hydroxylation sites is 1. The van der Waals surface area contributed by atoms with Crippen molar-refractivity contribution in [2.24, 2.45) is 0 Å². The van der Waals surface area contributed by atoms with Crippen molar-refractivity contribution in [2.45, 2.75) is 44.6 Å². The molecule has 0 aliphatic carbocycles. The Morgan fingerprint density at radius 1 is 1.03 bits per heavy atom. The number of methoxy groups -OCH3 is 1. The van der Waals surface area contributed by atoms with Gasteiger partial charge in [0.05, 0.1) is 17.6 Å². The number of nitrogens with one attached hydrogen (secondary N) is 2. The predicted octanol–water partition coefficient (Wildman–Crippen LogP) is 3.31. The lowest BCUT2D eigenvalue weighted by Crippen LogP contribution is -2.31. The van der Waals surface area contributed by atoms with Crippen LogP contribution in [0.3, 0.4) is 0 Å². The van der Waals surface area contributed by atoms with Crippen LogP contribution in [0, 0.1) is 0 Å². The van der Waals surface area contributed by atoms with Crippen LogP contribution in [0.2, 0.25) is 0 Å². The van der Waals surface area contributed by atoms with Crippen LogP contribution in [0.5, 0.6) is 11.5 Å². The van der Waals surface area contributed by atoms with Crippen LogP contribution in [0.1, 0.15) is 49.5 Å². The van der Waals surface area contributed by atoms with Crippen LogP contribution in [-0.2, 0) is 10.0 Å². The average molecular weight is 435 g/mol. The van der Waals surface area contributed by atoms with E-state index in [1.165, 1.54) is 25.3 Å². The van der Waals surface area contributed by atoms with E-state index < -0.39 is 15.9 Å². The van der Waals surface area contributed by atoms with Gasteiger partial charge in [0.15, 0.2) is 0 Å². The summed E-state index contributed by atoms with van der Waals surface area (Å²) in [6.45, 7) is 8.06. The molecule has 0 aromatic heterocycles. The minimum Gasteiger partial charge on any atom is -0.496 e. The topological polar surface area (TPSA) is 93.7 Å². The van der Waals surface area contributed by atoms with E-state index in [1.807, 2.05) is 38.1 Å². The second-order valence-corrected chi connectivity index (χ2v) is 9.20. The number of hydrogen-bond acceptors (Lipinski definition) is 5. The van der Waals surface area contributed by atoms with Gasteiger partial charge in [0.1, 0.15) is 18.1 Å². The second-order valence-electron chi connectivity index (χ2n) is 7.43. The first-order valence-corrected chi connectivity index (χ1v) is 11.3. The minimum atomic E-state index is -3.82. The number of rotatable bonds is 10. The molecule has 0 aliphatic rings. The Kier molecular flexibility index (Phi) is 8.25. The van der Waals surface area contributed by atoms with E-state index >= 15 is 0 Å². The zero-order chi connectivity index (χ0) is 22.3. The molecule has 8 heteroatoms. The smallest absolute Gasteiger partial charge is 0.255 e. The first-order chi connectivity index (χ1) is 14.2. The van der Waals surface area contributed by atoms with Crippen LogP contribution >= 0.6 is 0 Å². The Labute approximate surface area is 178 Å². The SMILES string of the molecule is COc1ccc(S(=O)(=O)NCCOc2ccccc2C(C)C)cc1C(=O)NC(C)C. The van der Waals surface area contributed by atoms with Gasteiger partial charge < -0.3 is 14.8 Å². The van der Waals surface area contributed by atoms with E-state index in [0.29, 0.717) is 11.7 Å². The van der Waals surface area contributed by atoms with Gasteiger partial charge in [-0.1, -0.05) is 32.0 Å². The average Bonchev–Trinajstić information content (AvgIpc) is 2.70. The lowest BCUT2D eigenvalue weighted by molar-refractivity contribution is 0.0940. The molecule has 0 heterocycles. The maximum atomic E-state index is 12.7. The molecule has 0 atom stereocenters. The Morgan fingerprint density at radius 3 is 2.37 bits per heavy atom. The highest BCUT2D eigenvalue weighted by atomic mass is 32.2. The summed E-state index contributed by atoms with van der Waals surface area (Å²) in [5.74, 6) is 0.949. The van der Waals surface area contributed by atoms with Crippen LogP contribution in [0.15, 0.2) is 47.4 Å². The third-order valence-electron chi connectivity index (χ3n) is 4.34. The van der Waals surface area contributed by atoms with Crippen molar-refractivity contribution in [3.63, 3.8) is 0 Å². The van der Waals surface area contributed by atoms with Crippen molar-refractivity contribution in [3.8, 4) is 11.5 Å². The van der Waals surface area contributed by atoms with Crippen molar-refractivity contribution in [1.29, 1.82) is 0 Å². The standard InChI is InChI=1S/C22H30N2O5S/c1-15(2)18-8-6-7-9-21(18)29-13-12-23-30(26,27)17-10-11-20(28-5)19(14-17)22(25)24-16(3)4/h6-11,14-16,23H,12-13H2,1-5H3,(H,24,25). The summed E-state index contributed by atoms with van der Waals surface area (Å²) in [7, 11) is -2.39. The Hall–Kier alpha value is -2.58. The zero-order valence-electron chi connectivity index (χ0n) is 18.1. The summed E-state index contributed by atoms with van der Waals surface area (Å²) in [5.41, 5.74) is 1.23. The summed E-state index contributed by atoms with van der Waals surface area (Å²) in [6.07, 6.45) is 0. The molecule has 0 spiro atoms. The fraction of sp³-hybridized carbons (Fsp3) is 0.409. The summed E-state index contributed by atoms with van der Waals surface area (Å²) in [4.78, 5) is 12.4. The molecule has 7 nitrogen and oxygen atoms in total. The largest absolute Gasteiger partial charge is 0.496 e. The molecule has 0 saturated heterocycles.